The maximum atomic E-state index is 13.0. The van der Waals surface area contributed by atoms with E-state index in [4.69, 9.17) is 11.6 Å². The van der Waals surface area contributed by atoms with Gasteiger partial charge in [0.2, 0.25) is 0 Å². The van der Waals surface area contributed by atoms with Crippen molar-refractivity contribution in [1.82, 2.24) is 0 Å². The number of anilines is 2. The second-order valence-corrected chi connectivity index (χ2v) is 8.17. The highest BCUT2D eigenvalue weighted by molar-refractivity contribution is 7.93. The second-order valence-electron chi connectivity index (χ2n) is 6.09. The molecule has 3 aromatic rings. The van der Waals surface area contributed by atoms with Crippen LogP contribution in [0, 0.1) is 6.92 Å². The Kier molecular flexibility index (Phi) is 4.62. The minimum atomic E-state index is -3.73. The average molecular weight is 375 g/mol. The van der Waals surface area contributed by atoms with E-state index in [1.54, 1.807) is 30.3 Å². The molecule has 4 nitrogen and oxygen atoms in total. The van der Waals surface area contributed by atoms with Crippen molar-refractivity contribution in [3.63, 3.8) is 0 Å². The predicted molar refractivity (Wildman–Crippen MR) is 105 cm³/mol. The second kappa shape index (κ2) is 6.58. The summed E-state index contributed by atoms with van der Waals surface area (Å²) in [5.74, 6) is 0. The van der Waals surface area contributed by atoms with E-state index in [1.807, 2.05) is 50.2 Å². The molecule has 0 aliphatic carbocycles. The van der Waals surface area contributed by atoms with Crippen LogP contribution in [0.15, 0.2) is 59.5 Å². The molecular weight excluding hydrogens is 356 g/mol. The van der Waals surface area contributed by atoms with Crippen molar-refractivity contribution in [2.75, 3.05) is 23.7 Å². The fraction of sp³-hybridized carbons (Fsp3) is 0.158. The summed E-state index contributed by atoms with van der Waals surface area (Å²) in [5.41, 5.74) is 2.26. The van der Waals surface area contributed by atoms with Crippen LogP contribution in [0.1, 0.15) is 5.56 Å². The van der Waals surface area contributed by atoms with Gasteiger partial charge in [0.25, 0.3) is 10.0 Å². The Labute approximate surface area is 153 Å². The number of benzene rings is 3. The van der Waals surface area contributed by atoms with Crippen LogP contribution < -0.4 is 9.62 Å². The Balaban J connectivity index is 2.13. The third-order valence-corrected chi connectivity index (χ3v) is 5.72. The first-order valence-electron chi connectivity index (χ1n) is 7.77. The van der Waals surface area contributed by atoms with Gasteiger partial charge in [-0.3, -0.25) is 4.72 Å². The predicted octanol–water partition coefficient (Wildman–Crippen LogP) is 4.67. The van der Waals surface area contributed by atoms with Crippen LogP contribution in [-0.4, -0.2) is 22.5 Å². The molecule has 1 N–H and O–H groups in total. The first-order chi connectivity index (χ1) is 11.8. The van der Waals surface area contributed by atoms with Gasteiger partial charge in [0.05, 0.1) is 10.6 Å². The zero-order valence-electron chi connectivity index (χ0n) is 14.2. The van der Waals surface area contributed by atoms with Crippen LogP contribution in [0.25, 0.3) is 10.8 Å². The van der Waals surface area contributed by atoms with Crippen LogP contribution in [0.4, 0.5) is 11.4 Å². The van der Waals surface area contributed by atoms with E-state index in [1.165, 1.54) is 0 Å². The first-order valence-corrected chi connectivity index (χ1v) is 9.64. The molecular formula is C19H19ClN2O2S. The quantitative estimate of drug-likeness (QED) is 0.722. The number of nitrogens with zero attached hydrogens (tertiary/aromatic N) is 1. The number of hydrogen-bond donors (Lipinski definition) is 1. The number of hydrogen-bond acceptors (Lipinski definition) is 3. The third-order valence-electron chi connectivity index (χ3n) is 4.06. The van der Waals surface area contributed by atoms with Crippen LogP contribution in [0.3, 0.4) is 0 Å². The Bertz CT molecular complexity index is 1050. The summed E-state index contributed by atoms with van der Waals surface area (Å²) in [4.78, 5) is 2.22. The minimum absolute atomic E-state index is 0.253. The standard InChI is InChI=1S/C19H19ClN2O2S/c1-13-12-14(20)10-11-17(13)21-25(23,24)19-9-5-6-15-16(19)7-4-8-18(15)22(2)3/h4-12,21H,1-3H3. The van der Waals surface area contributed by atoms with Gasteiger partial charge in [0.1, 0.15) is 0 Å². The number of rotatable bonds is 4. The highest BCUT2D eigenvalue weighted by atomic mass is 35.5. The molecule has 0 aliphatic heterocycles. The molecule has 0 saturated heterocycles. The maximum Gasteiger partial charge on any atom is 0.262 e. The van der Waals surface area contributed by atoms with E-state index in [0.29, 0.717) is 16.1 Å². The van der Waals surface area contributed by atoms with Crippen molar-refractivity contribution in [3.8, 4) is 0 Å². The number of aryl methyl sites for hydroxylation is 1. The van der Waals surface area contributed by atoms with Crippen LogP contribution in [0.5, 0.6) is 0 Å². The third kappa shape index (κ3) is 3.43. The lowest BCUT2D eigenvalue weighted by Gasteiger charge is -2.17. The number of fused-ring (bicyclic) bond motifs is 1. The fourth-order valence-electron chi connectivity index (χ4n) is 2.83. The summed E-state index contributed by atoms with van der Waals surface area (Å²) >= 11 is 5.95. The summed E-state index contributed by atoms with van der Waals surface area (Å²) < 4.78 is 28.6. The van der Waals surface area contributed by atoms with Crippen molar-refractivity contribution in [1.29, 1.82) is 0 Å². The molecule has 0 atom stereocenters. The molecule has 0 unspecified atom stereocenters. The van der Waals surface area contributed by atoms with E-state index >= 15 is 0 Å². The van der Waals surface area contributed by atoms with Crippen molar-refractivity contribution >= 4 is 43.8 Å². The van der Waals surface area contributed by atoms with Gasteiger partial charge in [-0.1, -0.05) is 35.9 Å². The van der Waals surface area contributed by atoms with E-state index in [-0.39, 0.29) is 4.90 Å². The molecule has 3 rings (SSSR count). The van der Waals surface area contributed by atoms with Gasteiger partial charge >= 0.3 is 0 Å². The van der Waals surface area contributed by atoms with E-state index in [2.05, 4.69) is 4.72 Å². The van der Waals surface area contributed by atoms with E-state index < -0.39 is 10.0 Å². The molecule has 0 radical (unpaired) electrons. The Morgan fingerprint density at radius 1 is 0.960 bits per heavy atom. The molecule has 0 bridgehead atoms. The van der Waals surface area contributed by atoms with Crippen molar-refractivity contribution in [2.24, 2.45) is 0 Å². The van der Waals surface area contributed by atoms with Crippen molar-refractivity contribution in [3.05, 3.63) is 65.2 Å². The molecule has 3 aromatic carbocycles. The van der Waals surface area contributed by atoms with Gasteiger partial charge in [-0.15, -0.1) is 0 Å². The van der Waals surface area contributed by atoms with Gasteiger partial charge in [-0.25, -0.2) is 8.42 Å². The number of nitrogens with one attached hydrogen (secondary N) is 1. The van der Waals surface area contributed by atoms with Crippen molar-refractivity contribution in [2.45, 2.75) is 11.8 Å². The largest absolute Gasteiger partial charge is 0.377 e. The number of sulfonamides is 1. The van der Waals surface area contributed by atoms with Gasteiger partial charge in [-0.2, -0.15) is 0 Å². The molecule has 6 heteroatoms. The monoisotopic (exact) mass is 374 g/mol. The molecule has 0 heterocycles. The van der Waals surface area contributed by atoms with E-state index in [9.17, 15) is 8.42 Å². The molecule has 0 saturated carbocycles. The molecule has 130 valence electrons. The Morgan fingerprint density at radius 3 is 2.32 bits per heavy atom. The van der Waals surface area contributed by atoms with Crippen LogP contribution >= 0.6 is 11.6 Å². The van der Waals surface area contributed by atoms with Crippen LogP contribution in [0.2, 0.25) is 5.02 Å². The summed E-state index contributed by atoms with van der Waals surface area (Å²) in [5, 5.41) is 2.15. The zero-order chi connectivity index (χ0) is 18.2. The first kappa shape index (κ1) is 17.6. The van der Waals surface area contributed by atoms with E-state index in [0.717, 1.165) is 16.6 Å². The summed E-state index contributed by atoms with van der Waals surface area (Å²) in [6, 6.07) is 16.0. The summed E-state index contributed by atoms with van der Waals surface area (Å²) in [6.45, 7) is 1.82. The molecule has 0 aliphatic rings. The average Bonchev–Trinajstić information content (AvgIpc) is 2.56. The Hall–Kier alpha value is -2.24. The summed E-state index contributed by atoms with van der Waals surface area (Å²) in [7, 11) is 0.142. The molecule has 25 heavy (non-hydrogen) atoms. The lowest BCUT2D eigenvalue weighted by molar-refractivity contribution is 0.602. The summed E-state index contributed by atoms with van der Waals surface area (Å²) in [6.07, 6.45) is 0. The van der Waals surface area contributed by atoms with Gasteiger partial charge in [0.15, 0.2) is 0 Å². The molecule has 0 fully saturated rings. The van der Waals surface area contributed by atoms with Crippen LogP contribution in [-0.2, 0) is 10.0 Å². The molecule has 0 spiro atoms. The van der Waals surface area contributed by atoms with Gasteiger partial charge in [-0.05, 0) is 42.8 Å². The molecule has 0 amide bonds. The SMILES string of the molecule is Cc1cc(Cl)ccc1NS(=O)(=O)c1cccc2c(N(C)C)cccc12. The molecule has 0 aromatic heterocycles. The normalized spacial score (nSPS) is 11.5. The topological polar surface area (TPSA) is 49.4 Å². The lowest BCUT2D eigenvalue weighted by Crippen LogP contribution is -2.15. The number of halogens is 1. The van der Waals surface area contributed by atoms with Crippen molar-refractivity contribution < 1.29 is 8.42 Å². The highest BCUT2D eigenvalue weighted by Gasteiger charge is 2.19. The van der Waals surface area contributed by atoms with Gasteiger partial charge < -0.3 is 4.90 Å². The lowest BCUT2D eigenvalue weighted by atomic mass is 10.1. The zero-order valence-corrected chi connectivity index (χ0v) is 15.8. The Morgan fingerprint density at radius 2 is 1.64 bits per heavy atom. The smallest absolute Gasteiger partial charge is 0.262 e. The van der Waals surface area contributed by atoms with Gasteiger partial charge in [0, 0.05) is 35.6 Å². The fourth-order valence-corrected chi connectivity index (χ4v) is 4.41. The minimum Gasteiger partial charge on any atom is -0.377 e. The maximum absolute atomic E-state index is 13.0. The highest BCUT2D eigenvalue weighted by Crippen LogP contribution is 2.31.